The summed E-state index contributed by atoms with van der Waals surface area (Å²) in [7, 11) is 0. The smallest absolute Gasteiger partial charge is 0.167 e. The summed E-state index contributed by atoms with van der Waals surface area (Å²) in [5.74, 6) is -1.02. The number of hydrogen-bond acceptors (Lipinski definition) is 3. The minimum absolute atomic E-state index is 0.0291. The number of benzene rings is 1. The first-order valence-electron chi connectivity index (χ1n) is 5.46. The molecule has 1 aromatic rings. The number of carbonyl (C=O) groups is 2. The van der Waals surface area contributed by atoms with Crippen LogP contribution < -0.4 is 5.32 Å². The molecule has 0 unspecified atom stereocenters. The van der Waals surface area contributed by atoms with Crippen LogP contribution in [0.1, 0.15) is 47.9 Å². The molecule has 0 atom stereocenters. The average molecular weight is 235 g/mol. The van der Waals surface area contributed by atoms with Gasteiger partial charge < -0.3 is 5.32 Å². The van der Waals surface area contributed by atoms with E-state index < -0.39 is 5.82 Å². The normalized spacial score (nSPS) is 17.3. The summed E-state index contributed by atoms with van der Waals surface area (Å²) in [6.07, 6.45) is 0.336. The SMILES string of the molecule is CC(=O)c1cc2c(cc1F)NC(C)(C)CC2=O. The van der Waals surface area contributed by atoms with Crippen LogP contribution in [0.4, 0.5) is 10.1 Å². The Kier molecular flexibility index (Phi) is 2.53. The zero-order valence-electron chi connectivity index (χ0n) is 10.1. The molecule has 1 heterocycles. The lowest BCUT2D eigenvalue weighted by atomic mass is 9.87. The van der Waals surface area contributed by atoms with Crippen LogP contribution in [-0.2, 0) is 0 Å². The molecule has 0 aromatic heterocycles. The molecule has 0 aliphatic carbocycles. The number of hydrogen-bond donors (Lipinski definition) is 1. The van der Waals surface area contributed by atoms with E-state index in [9.17, 15) is 14.0 Å². The van der Waals surface area contributed by atoms with Crippen molar-refractivity contribution in [1.82, 2.24) is 0 Å². The third kappa shape index (κ3) is 2.07. The minimum atomic E-state index is -0.589. The molecule has 0 spiro atoms. The largest absolute Gasteiger partial charge is 0.379 e. The van der Waals surface area contributed by atoms with E-state index >= 15 is 0 Å². The van der Waals surface area contributed by atoms with E-state index in [2.05, 4.69) is 5.32 Å². The van der Waals surface area contributed by atoms with Crippen molar-refractivity contribution in [1.29, 1.82) is 0 Å². The first-order valence-corrected chi connectivity index (χ1v) is 5.46. The van der Waals surface area contributed by atoms with Crippen LogP contribution in [0.15, 0.2) is 12.1 Å². The predicted molar refractivity (Wildman–Crippen MR) is 63.1 cm³/mol. The van der Waals surface area contributed by atoms with Crippen LogP contribution in [0.5, 0.6) is 0 Å². The zero-order chi connectivity index (χ0) is 12.8. The lowest BCUT2D eigenvalue weighted by molar-refractivity contribution is 0.0958. The fraction of sp³-hybridized carbons (Fsp3) is 0.385. The molecule has 0 saturated carbocycles. The van der Waals surface area contributed by atoms with Crippen molar-refractivity contribution in [3.05, 3.63) is 29.1 Å². The number of anilines is 1. The predicted octanol–water partition coefficient (Wildman–Crippen LogP) is 2.81. The molecule has 1 N–H and O–H groups in total. The molecule has 17 heavy (non-hydrogen) atoms. The van der Waals surface area contributed by atoms with E-state index in [0.717, 1.165) is 0 Å². The zero-order valence-corrected chi connectivity index (χ0v) is 10.1. The van der Waals surface area contributed by atoms with E-state index in [1.807, 2.05) is 13.8 Å². The number of fused-ring (bicyclic) bond motifs is 1. The van der Waals surface area contributed by atoms with Gasteiger partial charge in [0.05, 0.1) is 5.56 Å². The van der Waals surface area contributed by atoms with Crippen molar-refractivity contribution in [2.45, 2.75) is 32.7 Å². The van der Waals surface area contributed by atoms with E-state index in [0.29, 0.717) is 17.7 Å². The van der Waals surface area contributed by atoms with Crippen molar-refractivity contribution >= 4 is 17.3 Å². The van der Waals surface area contributed by atoms with E-state index in [1.165, 1.54) is 19.1 Å². The molecule has 1 aromatic carbocycles. The summed E-state index contributed by atoms with van der Waals surface area (Å²) < 4.78 is 13.6. The fourth-order valence-electron chi connectivity index (χ4n) is 2.08. The van der Waals surface area contributed by atoms with Crippen molar-refractivity contribution in [2.24, 2.45) is 0 Å². The average Bonchev–Trinajstić information content (AvgIpc) is 2.13. The van der Waals surface area contributed by atoms with Gasteiger partial charge in [0.15, 0.2) is 11.6 Å². The number of rotatable bonds is 1. The highest BCUT2D eigenvalue weighted by Gasteiger charge is 2.31. The maximum Gasteiger partial charge on any atom is 0.167 e. The second-order valence-corrected chi connectivity index (χ2v) is 5.04. The third-order valence-corrected chi connectivity index (χ3v) is 2.86. The summed E-state index contributed by atoms with van der Waals surface area (Å²) in [6.45, 7) is 5.05. The second kappa shape index (κ2) is 3.65. The maximum atomic E-state index is 13.6. The summed E-state index contributed by atoms with van der Waals surface area (Å²) in [6, 6.07) is 2.57. The monoisotopic (exact) mass is 235 g/mol. The molecule has 1 aliphatic heterocycles. The van der Waals surface area contributed by atoms with Gasteiger partial charge in [-0.2, -0.15) is 0 Å². The van der Waals surface area contributed by atoms with Crippen molar-refractivity contribution < 1.29 is 14.0 Å². The standard InChI is InChI=1S/C13H14FNO2/c1-7(16)8-4-9-11(5-10(8)14)15-13(2,3)6-12(9)17/h4-5,15H,6H2,1-3H3. The first-order chi connectivity index (χ1) is 7.80. The number of Topliss-reactive ketones (excluding diaryl/α,β-unsaturated/α-hetero) is 2. The first kappa shape index (κ1) is 11.8. The third-order valence-electron chi connectivity index (χ3n) is 2.86. The highest BCUT2D eigenvalue weighted by molar-refractivity contribution is 6.06. The van der Waals surface area contributed by atoms with Crippen LogP contribution in [0.3, 0.4) is 0 Å². The molecule has 0 saturated heterocycles. The van der Waals surface area contributed by atoms with Crippen LogP contribution in [0, 0.1) is 5.82 Å². The summed E-state index contributed by atoms with van der Waals surface area (Å²) >= 11 is 0. The summed E-state index contributed by atoms with van der Waals surface area (Å²) in [5.41, 5.74) is 0.456. The van der Waals surface area contributed by atoms with E-state index in [4.69, 9.17) is 0 Å². The highest BCUT2D eigenvalue weighted by atomic mass is 19.1. The number of carbonyl (C=O) groups excluding carboxylic acids is 2. The molecule has 0 amide bonds. The van der Waals surface area contributed by atoms with Crippen LogP contribution in [0.25, 0.3) is 0 Å². The Morgan fingerprint density at radius 3 is 2.65 bits per heavy atom. The van der Waals surface area contributed by atoms with Crippen molar-refractivity contribution in [2.75, 3.05) is 5.32 Å². The highest BCUT2D eigenvalue weighted by Crippen LogP contribution is 2.32. The van der Waals surface area contributed by atoms with Crippen molar-refractivity contribution in [3.8, 4) is 0 Å². The van der Waals surface area contributed by atoms with Gasteiger partial charge in [0.2, 0.25) is 0 Å². The van der Waals surface area contributed by atoms with Crippen LogP contribution in [-0.4, -0.2) is 17.1 Å². The van der Waals surface area contributed by atoms with Crippen molar-refractivity contribution in [3.63, 3.8) is 0 Å². The van der Waals surface area contributed by atoms with Gasteiger partial charge in [-0.05, 0) is 32.9 Å². The van der Waals surface area contributed by atoms with Gasteiger partial charge in [-0.25, -0.2) is 4.39 Å². The Hall–Kier alpha value is -1.71. The van der Waals surface area contributed by atoms with Crippen LogP contribution in [0.2, 0.25) is 0 Å². The maximum absolute atomic E-state index is 13.6. The molecule has 3 nitrogen and oxygen atoms in total. The van der Waals surface area contributed by atoms with Gasteiger partial charge >= 0.3 is 0 Å². The van der Waals surface area contributed by atoms with Gasteiger partial charge in [0.1, 0.15) is 5.82 Å². The molecule has 4 heteroatoms. The topological polar surface area (TPSA) is 46.2 Å². The number of nitrogens with one attached hydrogen (secondary N) is 1. The Morgan fingerprint density at radius 1 is 1.41 bits per heavy atom. The minimum Gasteiger partial charge on any atom is -0.379 e. The van der Waals surface area contributed by atoms with Gasteiger partial charge in [-0.3, -0.25) is 9.59 Å². The van der Waals surface area contributed by atoms with Gasteiger partial charge in [-0.15, -0.1) is 0 Å². The molecule has 90 valence electrons. The number of halogens is 1. The van der Waals surface area contributed by atoms with Gasteiger partial charge in [-0.1, -0.05) is 0 Å². The lowest BCUT2D eigenvalue weighted by Crippen LogP contribution is -2.38. The second-order valence-electron chi connectivity index (χ2n) is 5.04. The lowest BCUT2D eigenvalue weighted by Gasteiger charge is -2.32. The Morgan fingerprint density at radius 2 is 2.06 bits per heavy atom. The van der Waals surface area contributed by atoms with Gasteiger partial charge in [0, 0.05) is 23.2 Å². The van der Waals surface area contributed by atoms with Crippen LogP contribution >= 0.6 is 0 Å². The summed E-state index contributed by atoms with van der Waals surface area (Å²) in [4.78, 5) is 23.1. The Bertz CT molecular complexity index is 520. The van der Waals surface area contributed by atoms with E-state index in [-0.39, 0.29) is 22.7 Å². The van der Waals surface area contributed by atoms with Gasteiger partial charge in [0.25, 0.3) is 0 Å². The Labute approximate surface area is 99.0 Å². The molecule has 0 fully saturated rings. The number of ketones is 2. The molecule has 0 bridgehead atoms. The Balaban J connectivity index is 2.58. The molecular formula is C13H14FNO2. The quantitative estimate of drug-likeness (QED) is 0.761. The molecule has 0 radical (unpaired) electrons. The summed E-state index contributed by atoms with van der Waals surface area (Å²) in [5, 5.41) is 3.10. The molecule has 2 rings (SSSR count). The molecular weight excluding hydrogens is 221 g/mol. The van der Waals surface area contributed by atoms with E-state index in [1.54, 1.807) is 0 Å². The molecule has 1 aliphatic rings. The fourth-order valence-corrected chi connectivity index (χ4v) is 2.08.